The van der Waals surface area contributed by atoms with Gasteiger partial charge in [0, 0.05) is 30.9 Å². The molecule has 32 heavy (non-hydrogen) atoms. The van der Waals surface area contributed by atoms with Gasteiger partial charge in [0.25, 0.3) is 15.9 Å². The number of para-hydroxylation sites is 1. The summed E-state index contributed by atoms with van der Waals surface area (Å²) in [5.74, 6) is 1.47. The van der Waals surface area contributed by atoms with E-state index in [9.17, 15) is 13.2 Å². The minimum atomic E-state index is -3.95. The van der Waals surface area contributed by atoms with Crippen molar-refractivity contribution in [2.75, 3.05) is 23.3 Å². The number of ether oxygens (including phenoxy) is 2. The number of nitrogens with zero attached hydrogens (tertiary/aromatic N) is 2. The van der Waals surface area contributed by atoms with Crippen molar-refractivity contribution in [1.82, 2.24) is 9.55 Å². The number of aryl methyl sites for hydroxylation is 2. The summed E-state index contributed by atoms with van der Waals surface area (Å²) >= 11 is 0. The van der Waals surface area contributed by atoms with E-state index in [1.807, 2.05) is 4.57 Å². The van der Waals surface area contributed by atoms with E-state index in [4.69, 9.17) is 9.47 Å². The van der Waals surface area contributed by atoms with Crippen LogP contribution in [0.25, 0.3) is 0 Å². The highest BCUT2D eigenvalue weighted by molar-refractivity contribution is 7.92. The third kappa shape index (κ3) is 4.01. The molecule has 2 N–H and O–H groups in total. The molecule has 0 aliphatic carbocycles. The number of rotatable bonds is 5. The summed E-state index contributed by atoms with van der Waals surface area (Å²) in [5.41, 5.74) is 0.877. The molecule has 0 bridgehead atoms. The Morgan fingerprint density at radius 2 is 1.84 bits per heavy atom. The van der Waals surface area contributed by atoms with Gasteiger partial charge in [0.1, 0.15) is 19.0 Å². The molecule has 0 saturated carbocycles. The van der Waals surface area contributed by atoms with Gasteiger partial charge in [-0.1, -0.05) is 12.1 Å². The van der Waals surface area contributed by atoms with Crippen LogP contribution in [-0.2, 0) is 23.0 Å². The first kappa shape index (κ1) is 20.4. The molecule has 5 rings (SSSR count). The number of carbonyl (C=O) groups excluding carboxylic acids is 1. The summed E-state index contributed by atoms with van der Waals surface area (Å²) in [5, 5.41) is 2.74. The first-order valence-electron chi connectivity index (χ1n) is 10.4. The second kappa shape index (κ2) is 8.19. The van der Waals surface area contributed by atoms with E-state index in [1.165, 1.54) is 0 Å². The Morgan fingerprint density at radius 3 is 2.69 bits per heavy atom. The van der Waals surface area contributed by atoms with Gasteiger partial charge < -0.3 is 19.4 Å². The predicted molar refractivity (Wildman–Crippen MR) is 118 cm³/mol. The van der Waals surface area contributed by atoms with E-state index in [0.29, 0.717) is 30.4 Å². The fourth-order valence-corrected chi connectivity index (χ4v) is 4.87. The zero-order valence-corrected chi connectivity index (χ0v) is 18.0. The molecule has 0 radical (unpaired) electrons. The van der Waals surface area contributed by atoms with Crippen LogP contribution in [-0.4, -0.2) is 37.1 Å². The molecule has 1 aromatic heterocycles. The number of imidazole rings is 1. The number of benzene rings is 2. The molecule has 10 heteroatoms. The maximum atomic E-state index is 13.0. The molecular formula is C22H22N4O5S. The maximum absolute atomic E-state index is 13.0. The number of hydrogen-bond acceptors (Lipinski definition) is 6. The topological polar surface area (TPSA) is 112 Å². The van der Waals surface area contributed by atoms with E-state index in [0.717, 1.165) is 31.6 Å². The third-order valence-corrected chi connectivity index (χ3v) is 6.61. The second-order valence-electron chi connectivity index (χ2n) is 7.61. The second-order valence-corrected chi connectivity index (χ2v) is 9.24. The number of fused-ring (bicyclic) bond motifs is 2. The first-order chi connectivity index (χ1) is 15.5. The average molecular weight is 455 g/mol. The van der Waals surface area contributed by atoms with Crippen molar-refractivity contribution in [3.05, 3.63) is 60.0 Å². The number of aromatic nitrogens is 2. The smallest absolute Gasteiger partial charge is 0.280 e. The number of sulfonamides is 1. The minimum absolute atomic E-state index is 0.0450. The fourth-order valence-electron chi connectivity index (χ4n) is 3.80. The van der Waals surface area contributed by atoms with Crippen molar-refractivity contribution >= 4 is 27.3 Å². The summed E-state index contributed by atoms with van der Waals surface area (Å²) in [4.78, 5) is 17.2. The average Bonchev–Trinajstić information content (AvgIpc) is 3.25. The lowest BCUT2D eigenvalue weighted by Crippen LogP contribution is -2.19. The van der Waals surface area contributed by atoms with E-state index in [-0.39, 0.29) is 16.3 Å². The lowest BCUT2D eigenvalue weighted by molar-refractivity contribution is 0.102. The molecule has 2 aliphatic rings. The summed E-state index contributed by atoms with van der Waals surface area (Å²) < 4.78 is 41.4. The molecule has 2 aliphatic heterocycles. The third-order valence-electron chi connectivity index (χ3n) is 5.38. The molecule has 166 valence electrons. The highest BCUT2D eigenvalue weighted by atomic mass is 32.2. The Morgan fingerprint density at radius 1 is 1.03 bits per heavy atom. The predicted octanol–water partition coefficient (Wildman–Crippen LogP) is 3.04. The van der Waals surface area contributed by atoms with Crippen molar-refractivity contribution in [3.8, 4) is 11.5 Å². The molecular weight excluding hydrogens is 432 g/mol. The summed E-state index contributed by atoms with van der Waals surface area (Å²) in [6.45, 7) is 1.67. The zero-order chi connectivity index (χ0) is 22.1. The van der Waals surface area contributed by atoms with Crippen molar-refractivity contribution < 1.29 is 22.7 Å². The van der Waals surface area contributed by atoms with Crippen molar-refractivity contribution in [2.24, 2.45) is 0 Å². The van der Waals surface area contributed by atoms with Gasteiger partial charge in [-0.3, -0.25) is 9.52 Å². The van der Waals surface area contributed by atoms with Gasteiger partial charge in [-0.15, -0.1) is 0 Å². The molecule has 1 amide bonds. The molecule has 2 aromatic carbocycles. The van der Waals surface area contributed by atoms with Crippen molar-refractivity contribution in [3.63, 3.8) is 0 Å². The van der Waals surface area contributed by atoms with Gasteiger partial charge in [0.2, 0.25) is 0 Å². The van der Waals surface area contributed by atoms with Crippen LogP contribution in [0.2, 0.25) is 0 Å². The molecule has 9 nitrogen and oxygen atoms in total. The number of amides is 1. The molecule has 0 atom stereocenters. The summed E-state index contributed by atoms with van der Waals surface area (Å²) in [7, 11) is -3.95. The minimum Gasteiger partial charge on any atom is -0.486 e. The normalized spacial score (nSPS) is 15.0. The van der Waals surface area contributed by atoms with Crippen LogP contribution >= 0.6 is 0 Å². The van der Waals surface area contributed by atoms with Crippen LogP contribution in [0.5, 0.6) is 11.5 Å². The number of nitrogens with one attached hydrogen (secondary N) is 2. The summed E-state index contributed by atoms with van der Waals surface area (Å²) in [6, 6.07) is 11.5. The van der Waals surface area contributed by atoms with Crippen LogP contribution in [0.4, 0.5) is 11.4 Å². The fraction of sp³-hybridized carbons (Fsp3) is 0.273. The Kier molecular flexibility index (Phi) is 5.22. The molecule has 0 unspecified atom stereocenters. The summed E-state index contributed by atoms with van der Waals surface area (Å²) in [6.07, 6.45) is 4.30. The van der Waals surface area contributed by atoms with Gasteiger partial charge in [-0.2, -0.15) is 8.42 Å². The Bertz CT molecular complexity index is 1260. The Labute approximate surface area is 185 Å². The van der Waals surface area contributed by atoms with Gasteiger partial charge in [0.15, 0.2) is 16.5 Å². The van der Waals surface area contributed by atoms with E-state index >= 15 is 0 Å². The lowest BCUT2D eigenvalue weighted by Gasteiger charge is -2.19. The number of carbonyl (C=O) groups is 1. The SMILES string of the molecule is O=C(Nc1ccc2c(c1)OCCO2)c1ccccc1NS(=O)(=O)c1cn2c(n1)CCCC2. The van der Waals surface area contributed by atoms with E-state index in [2.05, 4.69) is 15.0 Å². The highest BCUT2D eigenvalue weighted by Crippen LogP contribution is 2.33. The van der Waals surface area contributed by atoms with Gasteiger partial charge in [0.05, 0.1) is 11.3 Å². The number of hydrogen-bond donors (Lipinski definition) is 2. The standard InChI is InChI=1S/C22H22N4O5S/c27-22(23-15-8-9-18-19(13-15)31-12-11-30-18)16-5-1-2-6-17(16)25-32(28,29)21-14-26-10-4-3-7-20(26)24-21/h1-2,5-6,8-9,13-14,25H,3-4,7,10-12H2,(H,23,27). The van der Waals surface area contributed by atoms with Crippen LogP contribution in [0.15, 0.2) is 53.7 Å². The van der Waals surface area contributed by atoms with E-state index < -0.39 is 15.9 Å². The highest BCUT2D eigenvalue weighted by Gasteiger charge is 2.24. The number of anilines is 2. The molecule has 0 saturated heterocycles. The van der Waals surface area contributed by atoms with E-state index in [1.54, 1.807) is 48.7 Å². The van der Waals surface area contributed by atoms with Gasteiger partial charge in [-0.05, 0) is 37.1 Å². The maximum Gasteiger partial charge on any atom is 0.280 e. The van der Waals surface area contributed by atoms with Gasteiger partial charge in [-0.25, -0.2) is 4.98 Å². The van der Waals surface area contributed by atoms with Crippen molar-refractivity contribution in [1.29, 1.82) is 0 Å². The van der Waals surface area contributed by atoms with Crippen LogP contribution in [0.1, 0.15) is 29.0 Å². The zero-order valence-electron chi connectivity index (χ0n) is 17.2. The quantitative estimate of drug-likeness (QED) is 0.613. The Hall–Kier alpha value is -3.53. The van der Waals surface area contributed by atoms with Crippen LogP contribution < -0.4 is 19.5 Å². The molecule has 0 fully saturated rings. The monoisotopic (exact) mass is 454 g/mol. The molecule has 3 aromatic rings. The first-order valence-corrected chi connectivity index (χ1v) is 11.9. The Balaban J connectivity index is 1.37. The van der Waals surface area contributed by atoms with Crippen LogP contribution in [0.3, 0.4) is 0 Å². The van der Waals surface area contributed by atoms with Crippen LogP contribution in [0, 0.1) is 0 Å². The van der Waals surface area contributed by atoms with Gasteiger partial charge >= 0.3 is 0 Å². The lowest BCUT2D eigenvalue weighted by atomic mass is 10.1. The molecule has 0 spiro atoms. The largest absolute Gasteiger partial charge is 0.486 e. The van der Waals surface area contributed by atoms with Crippen molar-refractivity contribution in [2.45, 2.75) is 30.8 Å². The molecule has 3 heterocycles.